The summed E-state index contributed by atoms with van der Waals surface area (Å²) in [5.41, 5.74) is 0.544. The molecule has 0 saturated heterocycles. The van der Waals surface area contributed by atoms with Gasteiger partial charge in [-0.2, -0.15) is 0 Å². The van der Waals surface area contributed by atoms with Crippen LogP contribution in [0, 0.1) is 0 Å². The highest BCUT2D eigenvalue weighted by molar-refractivity contribution is 9.10. The van der Waals surface area contributed by atoms with Crippen molar-refractivity contribution in [1.29, 1.82) is 0 Å². The Bertz CT molecular complexity index is 1030. The van der Waals surface area contributed by atoms with Gasteiger partial charge in [0.15, 0.2) is 0 Å². The molecule has 3 rings (SSSR count). The van der Waals surface area contributed by atoms with Crippen molar-refractivity contribution in [2.45, 2.75) is 26.8 Å². The van der Waals surface area contributed by atoms with Crippen LogP contribution in [0.2, 0.25) is 5.02 Å². The lowest BCUT2D eigenvalue weighted by molar-refractivity contribution is -0.132. The molecule has 0 aliphatic heterocycles. The molecule has 0 spiro atoms. The standard InChI is InChI=1S/C17H12BrClN2O3.C3H8O/c1-10(22)24-16-12-4-2-3-5-13(12)17(23)21(20-16)9-11-6-7-14(18)15(19)8-11;1-2-3-4/h2-8H,9H2,1H3;4H,2-3H2,1H3. The van der Waals surface area contributed by atoms with Gasteiger partial charge in [0.1, 0.15) is 0 Å². The molecule has 1 aromatic heterocycles. The zero-order valence-electron chi connectivity index (χ0n) is 15.5. The van der Waals surface area contributed by atoms with Gasteiger partial charge in [-0.25, -0.2) is 4.68 Å². The van der Waals surface area contributed by atoms with E-state index in [1.54, 1.807) is 36.4 Å². The molecule has 1 N–H and O–H groups in total. The van der Waals surface area contributed by atoms with Crippen molar-refractivity contribution in [1.82, 2.24) is 9.78 Å². The summed E-state index contributed by atoms with van der Waals surface area (Å²) in [6, 6.07) is 12.3. The van der Waals surface area contributed by atoms with E-state index in [0.29, 0.717) is 22.4 Å². The summed E-state index contributed by atoms with van der Waals surface area (Å²) < 4.78 is 7.20. The maximum absolute atomic E-state index is 12.6. The lowest BCUT2D eigenvalue weighted by Crippen LogP contribution is -2.25. The summed E-state index contributed by atoms with van der Waals surface area (Å²) in [6.45, 7) is 3.76. The molecule has 1 heterocycles. The molecule has 0 radical (unpaired) electrons. The monoisotopic (exact) mass is 466 g/mol. The first-order valence-corrected chi connectivity index (χ1v) is 9.77. The average molecular weight is 468 g/mol. The average Bonchev–Trinajstić information content (AvgIpc) is 2.68. The van der Waals surface area contributed by atoms with Crippen LogP contribution in [0.25, 0.3) is 10.8 Å². The number of esters is 1. The quantitative estimate of drug-likeness (QED) is 0.582. The molecular formula is C20H20BrClN2O4. The zero-order valence-corrected chi connectivity index (χ0v) is 17.8. The van der Waals surface area contributed by atoms with Crippen LogP contribution >= 0.6 is 27.5 Å². The van der Waals surface area contributed by atoms with Crippen molar-refractivity contribution < 1.29 is 14.6 Å². The summed E-state index contributed by atoms with van der Waals surface area (Å²) in [7, 11) is 0. The van der Waals surface area contributed by atoms with Gasteiger partial charge in [0.25, 0.3) is 5.56 Å². The molecule has 3 aromatic rings. The number of halogens is 2. The fourth-order valence-corrected chi connectivity index (χ4v) is 2.78. The molecule has 0 bridgehead atoms. The van der Waals surface area contributed by atoms with E-state index in [0.717, 1.165) is 16.5 Å². The number of ether oxygens (including phenoxy) is 1. The third-order valence-corrected chi connectivity index (χ3v) is 4.85. The van der Waals surface area contributed by atoms with Crippen molar-refractivity contribution in [3.05, 3.63) is 67.9 Å². The van der Waals surface area contributed by atoms with E-state index >= 15 is 0 Å². The van der Waals surface area contributed by atoms with Gasteiger partial charge in [0, 0.05) is 18.0 Å². The number of fused-ring (bicyclic) bond motifs is 1. The first-order valence-electron chi connectivity index (χ1n) is 8.60. The van der Waals surface area contributed by atoms with Gasteiger partial charge in [-0.15, -0.1) is 5.10 Å². The first kappa shape index (κ1) is 22.1. The van der Waals surface area contributed by atoms with Crippen LogP contribution in [0.1, 0.15) is 25.8 Å². The van der Waals surface area contributed by atoms with Crippen LogP contribution in [0.4, 0.5) is 0 Å². The molecule has 0 unspecified atom stereocenters. The number of carbonyl (C=O) groups is 1. The van der Waals surface area contributed by atoms with E-state index in [-0.39, 0.29) is 18.0 Å². The Morgan fingerprint density at radius 2 is 1.89 bits per heavy atom. The zero-order chi connectivity index (χ0) is 20.7. The van der Waals surface area contributed by atoms with E-state index in [4.69, 9.17) is 21.4 Å². The largest absolute Gasteiger partial charge is 0.405 e. The van der Waals surface area contributed by atoms with Gasteiger partial charge in [-0.05, 0) is 52.2 Å². The van der Waals surface area contributed by atoms with Crippen LogP contribution in [-0.2, 0) is 11.3 Å². The molecule has 8 heteroatoms. The van der Waals surface area contributed by atoms with Crippen molar-refractivity contribution in [2.75, 3.05) is 6.61 Å². The number of aromatic nitrogens is 2. The number of benzene rings is 2. The molecule has 2 aromatic carbocycles. The third-order valence-electron chi connectivity index (χ3n) is 3.61. The highest BCUT2D eigenvalue weighted by Crippen LogP contribution is 2.24. The van der Waals surface area contributed by atoms with Crippen LogP contribution < -0.4 is 10.3 Å². The number of rotatable bonds is 4. The SMILES string of the molecule is CC(=O)Oc1nn(Cc2ccc(Br)c(Cl)c2)c(=O)c2ccccc12.CCCO. The minimum absolute atomic E-state index is 0.112. The number of hydrogen-bond donors (Lipinski definition) is 1. The molecule has 0 amide bonds. The minimum atomic E-state index is -0.496. The summed E-state index contributed by atoms with van der Waals surface area (Å²) in [5, 5.41) is 13.6. The number of aliphatic hydroxyl groups is 1. The van der Waals surface area contributed by atoms with Gasteiger partial charge in [0.2, 0.25) is 5.88 Å². The van der Waals surface area contributed by atoms with Crippen molar-refractivity contribution in [3.8, 4) is 5.88 Å². The van der Waals surface area contributed by atoms with Gasteiger partial charge in [0.05, 0.1) is 22.3 Å². The Balaban J connectivity index is 0.000000640. The second kappa shape index (κ2) is 10.4. The molecular weight excluding hydrogens is 448 g/mol. The predicted octanol–water partition coefficient (Wildman–Crippen LogP) is 4.17. The lowest BCUT2D eigenvalue weighted by Gasteiger charge is -2.11. The molecule has 28 heavy (non-hydrogen) atoms. The highest BCUT2D eigenvalue weighted by Gasteiger charge is 2.13. The second-order valence-corrected chi connectivity index (χ2v) is 7.14. The topological polar surface area (TPSA) is 81.4 Å². The van der Waals surface area contributed by atoms with Crippen LogP contribution in [-0.4, -0.2) is 27.5 Å². The normalized spacial score (nSPS) is 10.3. The van der Waals surface area contributed by atoms with E-state index in [2.05, 4.69) is 21.0 Å². The van der Waals surface area contributed by atoms with Crippen LogP contribution in [0.5, 0.6) is 5.88 Å². The number of nitrogens with zero attached hydrogens (tertiary/aromatic N) is 2. The minimum Gasteiger partial charge on any atom is -0.405 e. The van der Waals surface area contributed by atoms with Crippen LogP contribution in [0.3, 0.4) is 0 Å². The van der Waals surface area contributed by atoms with Crippen molar-refractivity contribution in [2.24, 2.45) is 0 Å². The molecule has 0 saturated carbocycles. The Morgan fingerprint density at radius 3 is 2.46 bits per heavy atom. The Hall–Kier alpha value is -2.22. The Labute approximate surface area is 175 Å². The van der Waals surface area contributed by atoms with Gasteiger partial charge < -0.3 is 9.84 Å². The predicted molar refractivity (Wildman–Crippen MR) is 113 cm³/mol. The fourth-order valence-electron chi connectivity index (χ4n) is 2.33. The van der Waals surface area contributed by atoms with E-state index in [1.165, 1.54) is 11.6 Å². The molecule has 0 atom stereocenters. The smallest absolute Gasteiger partial charge is 0.309 e. The molecule has 0 aliphatic carbocycles. The summed E-state index contributed by atoms with van der Waals surface area (Å²) >= 11 is 9.42. The summed E-state index contributed by atoms with van der Waals surface area (Å²) in [5.74, 6) is -0.384. The van der Waals surface area contributed by atoms with Crippen LogP contribution in [0.15, 0.2) is 51.7 Å². The van der Waals surface area contributed by atoms with E-state index in [9.17, 15) is 9.59 Å². The number of hydrogen-bond acceptors (Lipinski definition) is 5. The Morgan fingerprint density at radius 1 is 1.25 bits per heavy atom. The van der Waals surface area contributed by atoms with Gasteiger partial charge in [-0.1, -0.05) is 36.7 Å². The third kappa shape index (κ3) is 5.64. The number of carbonyl (C=O) groups excluding carboxylic acids is 1. The fraction of sp³-hybridized carbons (Fsp3) is 0.250. The highest BCUT2D eigenvalue weighted by atomic mass is 79.9. The summed E-state index contributed by atoms with van der Waals surface area (Å²) in [6.07, 6.45) is 0.875. The maximum Gasteiger partial charge on any atom is 0.309 e. The summed E-state index contributed by atoms with van der Waals surface area (Å²) in [4.78, 5) is 24.0. The molecule has 0 fully saturated rings. The molecule has 148 valence electrons. The van der Waals surface area contributed by atoms with E-state index in [1.807, 2.05) is 13.0 Å². The van der Waals surface area contributed by atoms with Gasteiger partial charge in [-0.3, -0.25) is 9.59 Å². The molecule has 0 aliphatic rings. The number of aliphatic hydroxyl groups excluding tert-OH is 1. The maximum atomic E-state index is 12.6. The molecule has 6 nitrogen and oxygen atoms in total. The van der Waals surface area contributed by atoms with Crippen molar-refractivity contribution >= 4 is 44.3 Å². The Kier molecular flexibility index (Phi) is 8.17. The van der Waals surface area contributed by atoms with Crippen molar-refractivity contribution in [3.63, 3.8) is 0 Å². The second-order valence-electron chi connectivity index (χ2n) is 5.88. The van der Waals surface area contributed by atoms with E-state index < -0.39 is 5.97 Å². The first-order chi connectivity index (χ1) is 13.4. The lowest BCUT2D eigenvalue weighted by atomic mass is 10.2. The van der Waals surface area contributed by atoms with Gasteiger partial charge >= 0.3 is 5.97 Å².